The summed E-state index contributed by atoms with van der Waals surface area (Å²) in [5.74, 6) is -1.43. The van der Waals surface area contributed by atoms with Gasteiger partial charge in [0.2, 0.25) is 0 Å². The van der Waals surface area contributed by atoms with Gasteiger partial charge in [0, 0.05) is 0 Å². The highest BCUT2D eigenvalue weighted by Crippen LogP contribution is 2.17. The lowest BCUT2D eigenvalue weighted by Gasteiger charge is -2.12. The number of carbonyl (C=O) groups excluding carboxylic acids is 1. The minimum atomic E-state index is -2.87. The van der Waals surface area contributed by atoms with Crippen LogP contribution in [0.5, 0.6) is 0 Å². The van der Waals surface area contributed by atoms with Crippen LogP contribution in [0.3, 0.4) is 0 Å². The number of nitro groups is 2. The van der Waals surface area contributed by atoms with E-state index in [2.05, 4.69) is 4.74 Å². The zero-order chi connectivity index (χ0) is 11.4. The first-order valence-electron chi connectivity index (χ1n) is 3.89. The largest absolute Gasteiger partial charge is 0.552 e. The molecule has 14 heavy (non-hydrogen) atoms. The van der Waals surface area contributed by atoms with E-state index >= 15 is 0 Å². The smallest absolute Gasteiger partial charge is 0.455 e. The molecule has 80 valence electrons. The van der Waals surface area contributed by atoms with Crippen molar-refractivity contribution < 1.29 is 19.4 Å². The molecule has 0 rings (SSSR count). The fraction of sp³-hybridized carbons (Fsp3) is 0.833. The minimum absolute atomic E-state index is 0.137. The maximum Gasteiger partial charge on any atom is 0.552 e. The molecule has 0 saturated heterocycles. The van der Waals surface area contributed by atoms with Crippen LogP contribution in [0.2, 0.25) is 0 Å². The Kier molecular flexibility index (Phi) is 3.94. The molecule has 0 aliphatic rings. The van der Waals surface area contributed by atoms with Crippen LogP contribution in [-0.2, 0) is 9.53 Å². The van der Waals surface area contributed by atoms with E-state index in [4.69, 9.17) is 0 Å². The number of rotatable bonds is 5. The van der Waals surface area contributed by atoms with E-state index in [0.717, 1.165) is 0 Å². The predicted molar refractivity (Wildman–Crippen MR) is 43.6 cm³/mol. The second-order valence-electron chi connectivity index (χ2n) is 2.40. The molecular formula is C6H10N2O6. The molecule has 8 nitrogen and oxygen atoms in total. The molecule has 0 radical (unpaired) electrons. The number of nitrogens with zero attached hydrogens (tertiary/aromatic N) is 2. The van der Waals surface area contributed by atoms with Crippen LogP contribution in [0.25, 0.3) is 0 Å². The van der Waals surface area contributed by atoms with E-state index in [1.54, 1.807) is 0 Å². The second kappa shape index (κ2) is 4.49. The molecule has 0 aliphatic carbocycles. The highest BCUT2D eigenvalue weighted by atomic mass is 16.7. The van der Waals surface area contributed by atoms with Gasteiger partial charge in [0.05, 0.1) is 13.0 Å². The SMILES string of the molecule is CCOC(=O)C(CC)([N+](=O)[O-])[N+](=O)[O-]. The lowest BCUT2D eigenvalue weighted by molar-refractivity contribution is -0.778. The Bertz CT molecular complexity index is 249. The molecule has 0 spiro atoms. The summed E-state index contributed by atoms with van der Waals surface area (Å²) in [5, 5.41) is 20.9. The van der Waals surface area contributed by atoms with Gasteiger partial charge < -0.3 is 4.74 Å². The van der Waals surface area contributed by atoms with Gasteiger partial charge in [0.25, 0.3) is 0 Å². The van der Waals surface area contributed by atoms with Crippen molar-refractivity contribution in [2.45, 2.75) is 25.9 Å². The Hall–Kier alpha value is -1.73. The highest BCUT2D eigenvalue weighted by molar-refractivity contribution is 5.77. The Morgan fingerprint density at radius 2 is 1.71 bits per heavy atom. The van der Waals surface area contributed by atoms with Crippen LogP contribution in [0, 0.1) is 20.2 Å². The van der Waals surface area contributed by atoms with Gasteiger partial charge in [-0.3, -0.25) is 20.2 Å². The average Bonchev–Trinajstić information content (AvgIpc) is 2.05. The normalized spacial score (nSPS) is 10.7. The van der Waals surface area contributed by atoms with Crippen molar-refractivity contribution in [2.75, 3.05) is 6.61 Å². The molecule has 0 unspecified atom stereocenters. The third-order valence-electron chi connectivity index (χ3n) is 1.70. The molecule has 0 amide bonds. The molecule has 8 heteroatoms. The van der Waals surface area contributed by atoms with E-state index in [9.17, 15) is 25.0 Å². The van der Waals surface area contributed by atoms with Crippen molar-refractivity contribution in [3.8, 4) is 0 Å². The number of hydrogen-bond donors (Lipinski definition) is 0. The van der Waals surface area contributed by atoms with Crippen LogP contribution in [-0.4, -0.2) is 28.1 Å². The number of esters is 1. The number of carbonyl (C=O) groups is 1. The summed E-state index contributed by atoms with van der Waals surface area (Å²) in [6.07, 6.45) is -0.550. The summed E-state index contributed by atoms with van der Waals surface area (Å²) in [6.45, 7) is 2.46. The van der Waals surface area contributed by atoms with Gasteiger partial charge in [-0.1, -0.05) is 6.92 Å². The van der Waals surface area contributed by atoms with Gasteiger partial charge in [-0.2, -0.15) is 0 Å². The van der Waals surface area contributed by atoms with Crippen LogP contribution in [0.15, 0.2) is 0 Å². The van der Waals surface area contributed by atoms with Gasteiger partial charge in [-0.05, 0) is 6.92 Å². The summed E-state index contributed by atoms with van der Waals surface area (Å²) < 4.78 is 4.30. The Morgan fingerprint density at radius 1 is 1.29 bits per heavy atom. The van der Waals surface area contributed by atoms with Crippen molar-refractivity contribution in [1.29, 1.82) is 0 Å². The van der Waals surface area contributed by atoms with Crippen LogP contribution in [0.1, 0.15) is 20.3 Å². The fourth-order valence-corrected chi connectivity index (χ4v) is 0.865. The molecule has 0 N–H and O–H groups in total. The topological polar surface area (TPSA) is 113 Å². The van der Waals surface area contributed by atoms with Crippen LogP contribution >= 0.6 is 0 Å². The van der Waals surface area contributed by atoms with Gasteiger partial charge in [-0.15, -0.1) is 0 Å². The zero-order valence-electron chi connectivity index (χ0n) is 7.76. The lowest BCUT2D eigenvalue weighted by atomic mass is 10.1. The van der Waals surface area contributed by atoms with Gasteiger partial charge in [0.1, 0.15) is 9.85 Å². The van der Waals surface area contributed by atoms with E-state index in [-0.39, 0.29) is 6.61 Å². The quantitative estimate of drug-likeness (QED) is 0.275. The molecule has 0 aromatic rings. The molecule has 0 atom stereocenters. The summed E-state index contributed by atoms with van der Waals surface area (Å²) in [7, 11) is 0. The first-order valence-corrected chi connectivity index (χ1v) is 3.89. The molecule has 0 fully saturated rings. The average molecular weight is 206 g/mol. The van der Waals surface area contributed by atoms with Crippen molar-refractivity contribution >= 4 is 5.97 Å². The zero-order valence-corrected chi connectivity index (χ0v) is 7.76. The summed E-state index contributed by atoms with van der Waals surface area (Å²) in [5.41, 5.74) is -2.87. The Balaban J connectivity index is 5.14. The van der Waals surface area contributed by atoms with Crippen molar-refractivity contribution in [2.24, 2.45) is 0 Å². The number of ether oxygens (including phenoxy) is 1. The highest BCUT2D eigenvalue weighted by Gasteiger charge is 2.64. The molecule has 0 bridgehead atoms. The Labute approximate surface area is 79.1 Å². The first-order chi connectivity index (χ1) is 6.43. The van der Waals surface area contributed by atoms with Crippen LogP contribution < -0.4 is 0 Å². The van der Waals surface area contributed by atoms with Gasteiger partial charge >= 0.3 is 11.6 Å². The molecule has 0 heterocycles. The van der Waals surface area contributed by atoms with E-state index in [1.807, 2.05) is 0 Å². The third kappa shape index (κ3) is 1.78. The minimum Gasteiger partial charge on any atom is -0.455 e. The monoisotopic (exact) mass is 206 g/mol. The van der Waals surface area contributed by atoms with Crippen LogP contribution in [0.4, 0.5) is 0 Å². The summed E-state index contributed by atoms with van der Waals surface area (Å²) in [4.78, 5) is 29.6. The fourth-order valence-electron chi connectivity index (χ4n) is 0.865. The van der Waals surface area contributed by atoms with Crippen molar-refractivity contribution in [3.05, 3.63) is 20.2 Å². The summed E-state index contributed by atoms with van der Waals surface area (Å²) >= 11 is 0. The molecular weight excluding hydrogens is 196 g/mol. The van der Waals surface area contributed by atoms with E-state index in [0.29, 0.717) is 0 Å². The summed E-state index contributed by atoms with van der Waals surface area (Å²) in [6, 6.07) is 0. The Morgan fingerprint density at radius 3 is 1.93 bits per heavy atom. The molecule has 0 aromatic carbocycles. The maximum absolute atomic E-state index is 11.1. The molecule has 0 aliphatic heterocycles. The second-order valence-corrected chi connectivity index (χ2v) is 2.40. The molecule has 0 aromatic heterocycles. The van der Waals surface area contributed by atoms with Gasteiger partial charge in [0.15, 0.2) is 0 Å². The van der Waals surface area contributed by atoms with E-state index in [1.165, 1.54) is 13.8 Å². The standard InChI is InChI=1S/C6H10N2O6/c1-3-6(7(10)11,8(12)13)5(9)14-4-2/h3-4H2,1-2H3. The maximum atomic E-state index is 11.1. The van der Waals surface area contributed by atoms with Gasteiger partial charge in [-0.25, -0.2) is 4.79 Å². The third-order valence-corrected chi connectivity index (χ3v) is 1.70. The van der Waals surface area contributed by atoms with Crippen molar-refractivity contribution in [3.63, 3.8) is 0 Å². The first kappa shape index (κ1) is 12.3. The molecule has 0 saturated carbocycles. The van der Waals surface area contributed by atoms with Crippen molar-refractivity contribution in [1.82, 2.24) is 0 Å². The number of hydrogen-bond acceptors (Lipinski definition) is 6. The van der Waals surface area contributed by atoms with E-state index < -0.39 is 27.9 Å². The lowest BCUT2D eigenvalue weighted by Crippen LogP contribution is -2.53. The predicted octanol–water partition coefficient (Wildman–Crippen LogP) is 0.209.